The van der Waals surface area contributed by atoms with Gasteiger partial charge < -0.3 is 14.8 Å². The summed E-state index contributed by atoms with van der Waals surface area (Å²) < 4.78 is 50.4. The van der Waals surface area contributed by atoms with E-state index in [-0.39, 0.29) is 12.5 Å². The molecule has 0 radical (unpaired) electrons. The Bertz CT molecular complexity index is 1480. The van der Waals surface area contributed by atoms with Crippen molar-refractivity contribution in [2.45, 2.75) is 32.2 Å². The summed E-state index contributed by atoms with van der Waals surface area (Å²) in [6.45, 7) is 1.43. The molecule has 0 spiro atoms. The molecule has 3 aromatic carbocycles. The number of nitrogens with one attached hydrogen (secondary N) is 1. The van der Waals surface area contributed by atoms with E-state index in [0.29, 0.717) is 58.8 Å². The van der Waals surface area contributed by atoms with Crippen molar-refractivity contribution in [3.63, 3.8) is 0 Å². The van der Waals surface area contributed by atoms with E-state index in [4.69, 9.17) is 21.1 Å². The zero-order valence-corrected chi connectivity index (χ0v) is 24.1. The molecule has 6 nitrogen and oxygen atoms in total. The number of methoxy groups -OCH3 is 2. The van der Waals surface area contributed by atoms with Gasteiger partial charge in [-0.2, -0.15) is 13.2 Å². The Morgan fingerprint density at radius 1 is 0.927 bits per heavy atom. The summed E-state index contributed by atoms with van der Waals surface area (Å²) in [6, 6.07) is 18.2. The van der Waals surface area contributed by atoms with E-state index in [0.717, 1.165) is 23.3 Å². The highest BCUT2D eigenvalue weighted by Crippen LogP contribution is 2.30. The summed E-state index contributed by atoms with van der Waals surface area (Å²) in [5.41, 5.74) is 2.01. The van der Waals surface area contributed by atoms with Crippen molar-refractivity contribution in [3.8, 4) is 11.5 Å². The summed E-state index contributed by atoms with van der Waals surface area (Å²) in [6.07, 6.45) is -3.84. The number of carbonyl (C=O) groups is 1. The molecule has 0 saturated carbocycles. The molecule has 41 heavy (non-hydrogen) atoms. The Labute approximate surface area is 245 Å². The lowest BCUT2D eigenvalue weighted by atomic mass is 10.1. The molecule has 0 aliphatic rings. The lowest BCUT2D eigenvalue weighted by molar-refractivity contribution is -0.137. The summed E-state index contributed by atoms with van der Waals surface area (Å²) in [5, 5.41) is 5.81. The maximum Gasteiger partial charge on any atom is 0.416 e. The monoisotopic (exact) mass is 603 g/mol. The fraction of sp³-hybridized carbons (Fsp3) is 0.267. The van der Waals surface area contributed by atoms with E-state index in [1.54, 1.807) is 31.7 Å². The van der Waals surface area contributed by atoms with Gasteiger partial charge in [0, 0.05) is 30.0 Å². The lowest BCUT2D eigenvalue weighted by Gasteiger charge is -2.22. The summed E-state index contributed by atoms with van der Waals surface area (Å²) in [4.78, 5) is 19.2. The number of hydrogen-bond donors (Lipinski definition) is 1. The number of thiazole rings is 1. The molecule has 0 aliphatic heterocycles. The van der Waals surface area contributed by atoms with Crippen molar-refractivity contribution in [2.75, 3.05) is 20.8 Å². The molecule has 4 aromatic rings. The summed E-state index contributed by atoms with van der Waals surface area (Å²) in [5.74, 6) is 0.952. The van der Waals surface area contributed by atoms with Gasteiger partial charge in [0.15, 0.2) is 11.5 Å². The van der Waals surface area contributed by atoms with Crippen LogP contribution in [0.4, 0.5) is 13.2 Å². The van der Waals surface area contributed by atoms with Crippen molar-refractivity contribution in [1.82, 2.24) is 15.2 Å². The smallest absolute Gasteiger partial charge is 0.416 e. The molecule has 11 heteroatoms. The molecular weight excluding hydrogens is 575 g/mol. The van der Waals surface area contributed by atoms with Crippen LogP contribution in [0.5, 0.6) is 11.5 Å². The molecule has 0 bridgehead atoms. The number of halogens is 4. The molecule has 1 aromatic heterocycles. The van der Waals surface area contributed by atoms with Gasteiger partial charge in [0.2, 0.25) is 0 Å². The average Bonchev–Trinajstić information content (AvgIpc) is 3.41. The van der Waals surface area contributed by atoms with Crippen molar-refractivity contribution in [1.29, 1.82) is 0 Å². The number of carbonyl (C=O) groups excluding carboxylic acids is 1. The second kappa shape index (κ2) is 13.8. The van der Waals surface area contributed by atoms with Crippen LogP contribution in [0.2, 0.25) is 5.02 Å². The van der Waals surface area contributed by atoms with Gasteiger partial charge in [0.1, 0.15) is 10.7 Å². The van der Waals surface area contributed by atoms with Crippen molar-refractivity contribution >= 4 is 28.8 Å². The van der Waals surface area contributed by atoms with Crippen LogP contribution < -0.4 is 14.8 Å². The number of hydrogen-bond acceptors (Lipinski definition) is 6. The number of aromatic nitrogens is 1. The van der Waals surface area contributed by atoms with Crippen LogP contribution in [0.3, 0.4) is 0 Å². The van der Waals surface area contributed by atoms with Crippen LogP contribution in [-0.4, -0.2) is 36.6 Å². The third-order valence-electron chi connectivity index (χ3n) is 6.25. The van der Waals surface area contributed by atoms with Crippen molar-refractivity contribution in [2.24, 2.45) is 0 Å². The highest BCUT2D eigenvalue weighted by Gasteiger charge is 2.30. The third kappa shape index (κ3) is 8.69. The highest BCUT2D eigenvalue weighted by molar-refractivity contribution is 7.09. The first-order valence-electron chi connectivity index (χ1n) is 12.7. The minimum absolute atomic E-state index is 0.253. The van der Waals surface area contributed by atoms with Crippen LogP contribution in [0, 0.1) is 0 Å². The first-order valence-corrected chi connectivity index (χ1v) is 14.0. The molecule has 1 amide bonds. The van der Waals surface area contributed by atoms with Crippen LogP contribution >= 0.6 is 22.9 Å². The molecular formula is C30H29ClF3N3O3S. The van der Waals surface area contributed by atoms with E-state index in [1.165, 1.54) is 17.4 Å². The van der Waals surface area contributed by atoms with Gasteiger partial charge >= 0.3 is 6.18 Å². The molecule has 4 rings (SSSR count). The van der Waals surface area contributed by atoms with Crippen LogP contribution in [0.1, 0.15) is 37.7 Å². The van der Waals surface area contributed by atoms with E-state index in [9.17, 15) is 18.0 Å². The Hall–Kier alpha value is -3.60. The zero-order chi connectivity index (χ0) is 29.4. The van der Waals surface area contributed by atoms with Gasteiger partial charge in [-0.15, -0.1) is 11.3 Å². The SMILES string of the molecule is COc1ccc(CCNC(=O)c2csc(CN(Cc3cccc(Cl)c3)Cc3cccc(C(F)(F)F)c3)n2)cc1OC. The zero-order valence-electron chi connectivity index (χ0n) is 22.5. The topological polar surface area (TPSA) is 63.7 Å². The largest absolute Gasteiger partial charge is 0.493 e. The normalized spacial score (nSPS) is 11.5. The second-order valence-corrected chi connectivity index (χ2v) is 10.7. The number of nitrogens with zero attached hydrogens (tertiary/aromatic N) is 2. The lowest BCUT2D eigenvalue weighted by Crippen LogP contribution is -2.26. The predicted molar refractivity (Wildman–Crippen MR) is 154 cm³/mol. The van der Waals surface area contributed by atoms with Gasteiger partial charge in [0.05, 0.1) is 26.3 Å². The molecule has 0 aliphatic carbocycles. The minimum Gasteiger partial charge on any atom is -0.493 e. The molecule has 0 atom stereocenters. The van der Waals surface area contributed by atoms with Gasteiger partial charge in [-0.1, -0.05) is 48.0 Å². The Morgan fingerprint density at radius 3 is 2.32 bits per heavy atom. The second-order valence-electron chi connectivity index (χ2n) is 9.29. The molecule has 1 heterocycles. The van der Waals surface area contributed by atoms with Crippen LogP contribution in [-0.2, 0) is 32.2 Å². The van der Waals surface area contributed by atoms with Crippen molar-refractivity contribution in [3.05, 3.63) is 110 Å². The first-order chi connectivity index (χ1) is 19.6. The van der Waals surface area contributed by atoms with E-state index in [1.807, 2.05) is 41.3 Å². The van der Waals surface area contributed by atoms with Gasteiger partial charge in [-0.25, -0.2) is 4.98 Å². The van der Waals surface area contributed by atoms with Gasteiger partial charge in [-0.3, -0.25) is 9.69 Å². The Morgan fingerprint density at radius 2 is 1.63 bits per heavy atom. The molecule has 0 saturated heterocycles. The van der Waals surface area contributed by atoms with Crippen molar-refractivity contribution < 1.29 is 27.4 Å². The molecule has 0 unspecified atom stereocenters. The number of benzene rings is 3. The predicted octanol–water partition coefficient (Wildman–Crippen LogP) is 7.01. The Kier molecular flexibility index (Phi) is 10.3. The number of rotatable bonds is 12. The fourth-order valence-corrected chi connectivity index (χ4v) is 5.32. The third-order valence-corrected chi connectivity index (χ3v) is 7.31. The maximum absolute atomic E-state index is 13.3. The summed E-state index contributed by atoms with van der Waals surface area (Å²) >= 11 is 7.48. The Balaban J connectivity index is 1.42. The minimum atomic E-state index is -4.43. The average molecular weight is 604 g/mol. The summed E-state index contributed by atoms with van der Waals surface area (Å²) in [7, 11) is 3.14. The van der Waals surface area contributed by atoms with Gasteiger partial charge in [0.25, 0.3) is 5.91 Å². The highest BCUT2D eigenvalue weighted by atomic mass is 35.5. The number of alkyl halides is 3. The quantitative estimate of drug-likeness (QED) is 0.189. The number of amides is 1. The van der Waals surface area contributed by atoms with E-state index < -0.39 is 11.7 Å². The molecule has 1 N–H and O–H groups in total. The maximum atomic E-state index is 13.3. The van der Waals surface area contributed by atoms with Crippen LogP contribution in [0.25, 0.3) is 0 Å². The van der Waals surface area contributed by atoms with Crippen LogP contribution in [0.15, 0.2) is 72.1 Å². The van der Waals surface area contributed by atoms with E-state index in [2.05, 4.69) is 10.3 Å². The standard InChI is InChI=1S/C30H29ClF3N3O3S/c1-39-26-10-9-20(15-27(26)40-2)11-12-35-29(38)25-19-41-28(36-25)18-37(17-22-6-4-8-24(31)14-22)16-21-5-3-7-23(13-21)30(32,33)34/h3-10,13-15,19H,11-12,16-18H2,1-2H3,(H,35,38). The van der Waals surface area contributed by atoms with E-state index >= 15 is 0 Å². The molecule has 0 fully saturated rings. The van der Waals surface area contributed by atoms with Gasteiger partial charge in [-0.05, 0) is 53.4 Å². The molecule has 216 valence electrons. The fourth-order valence-electron chi connectivity index (χ4n) is 4.29. The number of ether oxygens (including phenoxy) is 2. The first kappa shape index (κ1) is 30.4.